The molecule has 1 aliphatic rings. The predicted molar refractivity (Wildman–Crippen MR) is 96.0 cm³/mol. The maximum Gasteiger partial charge on any atom is 0.237 e. The molecular weight excluding hydrogens is 361 g/mol. The maximum absolute atomic E-state index is 13.8. The van der Waals surface area contributed by atoms with Gasteiger partial charge in [-0.25, -0.2) is 13.2 Å². The van der Waals surface area contributed by atoms with Gasteiger partial charge in [-0.15, -0.1) is 11.8 Å². The van der Waals surface area contributed by atoms with Crippen LogP contribution in [0.2, 0.25) is 0 Å². The van der Waals surface area contributed by atoms with Gasteiger partial charge < -0.3 is 4.90 Å². The van der Waals surface area contributed by atoms with Crippen molar-refractivity contribution >= 4 is 17.7 Å². The summed E-state index contributed by atoms with van der Waals surface area (Å²) in [5.41, 5.74) is 0.818. The smallest absolute Gasteiger partial charge is 0.237 e. The Kier molecular flexibility index (Phi) is 5.88. The Balaban J connectivity index is 1.66. The monoisotopic (exact) mass is 380 g/mol. The van der Waals surface area contributed by atoms with Crippen LogP contribution in [-0.4, -0.2) is 41.6 Å². The van der Waals surface area contributed by atoms with E-state index in [9.17, 15) is 18.0 Å². The van der Waals surface area contributed by atoms with Gasteiger partial charge in [0.2, 0.25) is 5.91 Å². The molecule has 1 amide bonds. The van der Waals surface area contributed by atoms with Gasteiger partial charge in [0.1, 0.15) is 22.8 Å². The lowest BCUT2D eigenvalue weighted by molar-refractivity contribution is -0.132. The molecule has 0 aliphatic carbocycles. The van der Waals surface area contributed by atoms with Gasteiger partial charge in [-0.2, -0.15) is 0 Å². The van der Waals surface area contributed by atoms with Crippen LogP contribution in [0.15, 0.2) is 42.5 Å². The van der Waals surface area contributed by atoms with E-state index in [0.717, 1.165) is 11.3 Å². The predicted octanol–water partition coefficient (Wildman–Crippen LogP) is 3.81. The highest BCUT2D eigenvalue weighted by atomic mass is 32.2. The first-order valence-corrected chi connectivity index (χ1v) is 9.28. The van der Waals surface area contributed by atoms with Crippen molar-refractivity contribution in [1.82, 2.24) is 9.80 Å². The van der Waals surface area contributed by atoms with Crippen molar-refractivity contribution in [3.63, 3.8) is 0 Å². The molecule has 2 aromatic carbocycles. The molecule has 1 heterocycles. The van der Waals surface area contributed by atoms with Gasteiger partial charge in [-0.05, 0) is 36.9 Å². The first-order valence-electron chi connectivity index (χ1n) is 8.23. The highest BCUT2D eigenvalue weighted by molar-refractivity contribution is 7.99. The molecule has 2 aromatic rings. The largest absolute Gasteiger partial charge is 0.325 e. The summed E-state index contributed by atoms with van der Waals surface area (Å²) in [6.45, 7) is 0.645. The average molecular weight is 380 g/mol. The van der Waals surface area contributed by atoms with E-state index in [1.54, 1.807) is 40.7 Å². The normalized spacial score (nSPS) is 17.1. The summed E-state index contributed by atoms with van der Waals surface area (Å²) in [7, 11) is 1.65. The van der Waals surface area contributed by atoms with E-state index in [2.05, 4.69) is 0 Å². The van der Waals surface area contributed by atoms with Gasteiger partial charge in [0.25, 0.3) is 0 Å². The zero-order valence-corrected chi connectivity index (χ0v) is 15.1. The number of rotatable bonds is 5. The minimum absolute atomic E-state index is 0.00639. The minimum atomic E-state index is -0.620. The second-order valence-electron chi connectivity index (χ2n) is 6.23. The van der Waals surface area contributed by atoms with Gasteiger partial charge in [0.05, 0.1) is 6.54 Å². The van der Waals surface area contributed by atoms with Crippen molar-refractivity contribution in [2.24, 2.45) is 0 Å². The van der Waals surface area contributed by atoms with Crippen LogP contribution in [-0.2, 0) is 11.3 Å². The fourth-order valence-corrected chi connectivity index (χ4v) is 4.24. The second kappa shape index (κ2) is 8.14. The molecule has 3 rings (SSSR count). The molecule has 7 heteroatoms. The standard InChI is InChI=1S/C19H19F3N2OS/c1-23(11-15-16(21)3-2-4-17(15)22)12-18(25)24-9-10-26-19(24)13-5-7-14(20)8-6-13/h2-8,19H,9-12H2,1H3/t19-/m1/s1. The van der Waals surface area contributed by atoms with E-state index < -0.39 is 11.6 Å². The van der Waals surface area contributed by atoms with E-state index in [1.165, 1.54) is 30.3 Å². The number of likely N-dealkylation sites (N-methyl/N-ethyl adjacent to an activating group) is 1. The molecule has 1 aliphatic heterocycles. The van der Waals surface area contributed by atoms with Crippen LogP contribution in [0.4, 0.5) is 13.2 Å². The van der Waals surface area contributed by atoms with E-state index in [4.69, 9.17) is 0 Å². The molecule has 1 fully saturated rings. The summed E-state index contributed by atoms with van der Waals surface area (Å²) < 4.78 is 40.7. The van der Waals surface area contributed by atoms with Gasteiger partial charge in [0.15, 0.2) is 0 Å². The van der Waals surface area contributed by atoms with Crippen molar-refractivity contribution in [3.05, 3.63) is 71.0 Å². The Morgan fingerprint density at radius 1 is 1.15 bits per heavy atom. The number of halogens is 3. The van der Waals surface area contributed by atoms with Crippen LogP contribution in [0, 0.1) is 17.5 Å². The molecule has 138 valence electrons. The van der Waals surface area contributed by atoms with Crippen LogP contribution < -0.4 is 0 Å². The Hall–Kier alpha value is -1.99. The molecule has 26 heavy (non-hydrogen) atoms. The summed E-state index contributed by atoms with van der Waals surface area (Å²) in [6.07, 6.45) is 0. The fourth-order valence-electron chi connectivity index (χ4n) is 2.96. The van der Waals surface area contributed by atoms with E-state index in [0.29, 0.717) is 6.54 Å². The Bertz CT molecular complexity index is 765. The fraction of sp³-hybridized carbons (Fsp3) is 0.316. The molecule has 1 saturated heterocycles. The van der Waals surface area contributed by atoms with Crippen molar-refractivity contribution < 1.29 is 18.0 Å². The van der Waals surface area contributed by atoms with Crippen molar-refractivity contribution in [2.45, 2.75) is 11.9 Å². The highest BCUT2D eigenvalue weighted by Crippen LogP contribution is 2.37. The zero-order valence-electron chi connectivity index (χ0n) is 14.3. The molecular formula is C19H19F3N2OS. The molecule has 0 N–H and O–H groups in total. The number of hydrogen-bond donors (Lipinski definition) is 0. The summed E-state index contributed by atoms with van der Waals surface area (Å²) in [4.78, 5) is 16.0. The van der Waals surface area contributed by atoms with Crippen LogP contribution in [0.25, 0.3) is 0 Å². The Labute approximate surface area is 154 Å². The number of hydrogen-bond acceptors (Lipinski definition) is 3. The van der Waals surface area contributed by atoms with E-state index in [-0.39, 0.29) is 35.8 Å². The molecule has 0 unspecified atom stereocenters. The third-order valence-corrected chi connectivity index (χ3v) is 5.52. The summed E-state index contributed by atoms with van der Waals surface area (Å²) in [5.74, 6) is -0.889. The third-order valence-electron chi connectivity index (χ3n) is 4.26. The Morgan fingerprint density at radius 2 is 1.81 bits per heavy atom. The van der Waals surface area contributed by atoms with Crippen LogP contribution in [0.1, 0.15) is 16.5 Å². The lowest BCUT2D eigenvalue weighted by atomic mass is 10.2. The number of carbonyl (C=O) groups is 1. The van der Waals surface area contributed by atoms with Crippen molar-refractivity contribution in [3.8, 4) is 0 Å². The summed E-state index contributed by atoms with van der Waals surface area (Å²) >= 11 is 1.62. The lowest BCUT2D eigenvalue weighted by Crippen LogP contribution is -2.38. The third kappa shape index (κ3) is 4.22. The Morgan fingerprint density at radius 3 is 2.46 bits per heavy atom. The number of thioether (sulfide) groups is 1. The molecule has 1 atom stereocenters. The number of benzene rings is 2. The highest BCUT2D eigenvalue weighted by Gasteiger charge is 2.31. The number of nitrogens with zero attached hydrogens (tertiary/aromatic N) is 2. The van der Waals surface area contributed by atoms with Crippen molar-refractivity contribution in [2.75, 3.05) is 25.9 Å². The van der Waals surface area contributed by atoms with Crippen LogP contribution >= 0.6 is 11.8 Å². The lowest BCUT2D eigenvalue weighted by Gasteiger charge is -2.26. The maximum atomic E-state index is 13.8. The van der Waals surface area contributed by atoms with Gasteiger partial charge >= 0.3 is 0 Å². The van der Waals surface area contributed by atoms with Gasteiger partial charge in [-0.3, -0.25) is 9.69 Å². The molecule has 0 aromatic heterocycles. The molecule has 3 nitrogen and oxygen atoms in total. The first-order chi connectivity index (χ1) is 12.5. The zero-order chi connectivity index (χ0) is 18.7. The van der Waals surface area contributed by atoms with Crippen molar-refractivity contribution in [1.29, 1.82) is 0 Å². The van der Waals surface area contributed by atoms with Crippen LogP contribution in [0.3, 0.4) is 0 Å². The van der Waals surface area contributed by atoms with Crippen LogP contribution in [0.5, 0.6) is 0 Å². The molecule has 0 spiro atoms. The quantitative estimate of drug-likeness (QED) is 0.788. The number of amides is 1. The molecule has 0 saturated carbocycles. The second-order valence-corrected chi connectivity index (χ2v) is 7.42. The van der Waals surface area contributed by atoms with E-state index >= 15 is 0 Å². The SMILES string of the molecule is CN(CC(=O)N1CCS[C@@H]1c1ccc(F)cc1)Cc1c(F)cccc1F. The first kappa shape index (κ1) is 18.8. The van der Waals surface area contributed by atoms with E-state index in [1.807, 2.05) is 0 Å². The number of carbonyl (C=O) groups excluding carboxylic acids is 1. The molecule has 0 bridgehead atoms. The average Bonchev–Trinajstić information content (AvgIpc) is 3.09. The topological polar surface area (TPSA) is 23.6 Å². The summed E-state index contributed by atoms with van der Waals surface area (Å²) in [5, 5.41) is -0.165. The molecule has 0 radical (unpaired) electrons. The minimum Gasteiger partial charge on any atom is -0.325 e. The summed E-state index contributed by atoms with van der Waals surface area (Å²) in [6, 6.07) is 9.83. The van der Waals surface area contributed by atoms with Gasteiger partial charge in [0, 0.05) is 24.4 Å². The van der Waals surface area contributed by atoms with Gasteiger partial charge in [-0.1, -0.05) is 18.2 Å².